The van der Waals surface area contributed by atoms with Gasteiger partial charge in [-0.05, 0) is 17.7 Å². The Labute approximate surface area is 157 Å². The molecule has 0 radical (unpaired) electrons. The Bertz CT molecular complexity index is 938. The second-order valence-electron chi connectivity index (χ2n) is 6.15. The van der Waals surface area contributed by atoms with Crippen molar-refractivity contribution in [3.05, 3.63) is 48.3 Å². The highest BCUT2D eigenvalue weighted by Gasteiger charge is 2.44. The summed E-state index contributed by atoms with van der Waals surface area (Å²) in [5.74, 6) is 0.290. The Morgan fingerprint density at radius 2 is 1.89 bits per heavy atom. The quantitative estimate of drug-likeness (QED) is 0.433. The van der Waals surface area contributed by atoms with Crippen LogP contribution in [0.5, 0.6) is 0 Å². The molecule has 1 fully saturated rings. The highest BCUT2D eigenvalue weighted by atomic mass is 32.2. The van der Waals surface area contributed by atoms with Crippen LogP contribution in [-0.4, -0.2) is 59.8 Å². The van der Waals surface area contributed by atoms with Gasteiger partial charge in [0.15, 0.2) is 11.9 Å². The molecule has 8 nitrogen and oxygen atoms in total. The van der Waals surface area contributed by atoms with Gasteiger partial charge in [-0.3, -0.25) is 4.57 Å². The van der Waals surface area contributed by atoms with Crippen LogP contribution in [-0.2, 0) is 10.5 Å². The van der Waals surface area contributed by atoms with E-state index in [0.717, 1.165) is 5.56 Å². The van der Waals surface area contributed by atoms with Crippen LogP contribution in [0.4, 0.5) is 4.39 Å². The number of ether oxygens (including phenoxy) is 1. The van der Waals surface area contributed by atoms with Crippen molar-refractivity contribution in [2.75, 3.05) is 6.61 Å². The fourth-order valence-corrected chi connectivity index (χ4v) is 3.86. The Hall–Kier alpha value is -2.11. The van der Waals surface area contributed by atoms with E-state index in [0.29, 0.717) is 21.9 Å². The minimum absolute atomic E-state index is 0.287. The number of imidazole rings is 1. The molecule has 0 saturated carbocycles. The maximum Gasteiger partial charge on any atom is 0.166 e. The van der Waals surface area contributed by atoms with Crippen molar-refractivity contribution in [2.24, 2.45) is 0 Å². The van der Waals surface area contributed by atoms with E-state index in [1.54, 1.807) is 12.1 Å². The summed E-state index contributed by atoms with van der Waals surface area (Å²) < 4.78 is 20.1. The van der Waals surface area contributed by atoms with Crippen LogP contribution in [0.2, 0.25) is 0 Å². The van der Waals surface area contributed by atoms with Gasteiger partial charge in [0.1, 0.15) is 41.0 Å². The Balaban J connectivity index is 1.59. The number of thioether (sulfide) groups is 1. The third-order valence-corrected chi connectivity index (χ3v) is 5.46. The molecule has 2 aromatic heterocycles. The minimum Gasteiger partial charge on any atom is -0.394 e. The molecule has 1 aliphatic heterocycles. The molecule has 3 heterocycles. The van der Waals surface area contributed by atoms with Gasteiger partial charge in [0.25, 0.3) is 0 Å². The molecule has 0 amide bonds. The van der Waals surface area contributed by atoms with Crippen LogP contribution in [0.25, 0.3) is 11.2 Å². The first-order valence-electron chi connectivity index (χ1n) is 8.25. The van der Waals surface area contributed by atoms with Crippen molar-refractivity contribution in [1.29, 1.82) is 0 Å². The molecule has 3 aromatic rings. The molecule has 1 aromatic carbocycles. The molecular weight excluding hydrogens is 375 g/mol. The zero-order chi connectivity index (χ0) is 19.0. The normalized spacial score (nSPS) is 25.3. The third-order valence-electron chi connectivity index (χ3n) is 4.41. The van der Waals surface area contributed by atoms with Crippen molar-refractivity contribution in [1.82, 2.24) is 19.5 Å². The summed E-state index contributed by atoms with van der Waals surface area (Å²) in [7, 11) is 0. The van der Waals surface area contributed by atoms with Crippen molar-refractivity contribution in [2.45, 2.75) is 35.3 Å². The Morgan fingerprint density at radius 1 is 1.11 bits per heavy atom. The van der Waals surface area contributed by atoms with E-state index in [1.807, 2.05) is 0 Å². The number of aliphatic hydroxyl groups is 3. The molecule has 0 bridgehead atoms. The number of aromatic nitrogens is 4. The molecule has 4 unspecified atom stereocenters. The van der Waals surface area contributed by atoms with E-state index in [-0.39, 0.29) is 5.82 Å². The van der Waals surface area contributed by atoms with Crippen LogP contribution >= 0.6 is 11.8 Å². The number of rotatable bonds is 5. The van der Waals surface area contributed by atoms with Crippen LogP contribution < -0.4 is 0 Å². The molecule has 1 aliphatic rings. The third kappa shape index (κ3) is 3.42. The number of fused-ring (bicyclic) bond motifs is 1. The summed E-state index contributed by atoms with van der Waals surface area (Å²) in [5.41, 5.74) is 1.92. The van der Waals surface area contributed by atoms with Gasteiger partial charge < -0.3 is 20.1 Å². The lowest BCUT2D eigenvalue weighted by atomic mass is 10.1. The Morgan fingerprint density at radius 3 is 2.59 bits per heavy atom. The highest BCUT2D eigenvalue weighted by Crippen LogP contribution is 2.33. The van der Waals surface area contributed by atoms with Crippen LogP contribution in [0.3, 0.4) is 0 Å². The van der Waals surface area contributed by atoms with Crippen molar-refractivity contribution in [3.63, 3.8) is 0 Å². The van der Waals surface area contributed by atoms with E-state index in [2.05, 4.69) is 15.0 Å². The molecule has 0 spiro atoms. The summed E-state index contributed by atoms with van der Waals surface area (Å²) in [6, 6.07) is 6.22. The molecular formula is C17H17FN4O4S. The van der Waals surface area contributed by atoms with E-state index in [9.17, 15) is 19.7 Å². The first-order valence-corrected chi connectivity index (χ1v) is 9.24. The molecule has 4 rings (SSSR count). The number of hydrogen-bond acceptors (Lipinski definition) is 8. The lowest BCUT2D eigenvalue weighted by Gasteiger charge is -2.16. The van der Waals surface area contributed by atoms with E-state index < -0.39 is 31.1 Å². The number of hydrogen-bond donors (Lipinski definition) is 3. The summed E-state index contributed by atoms with van der Waals surface area (Å²) in [5, 5.41) is 30.1. The smallest absolute Gasteiger partial charge is 0.166 e. The average molecular weight is 392 g/mol. The van der Waals surface area contributed by atoms with E-state index >= 15 is 0 Å². The second kappa shape index (κ2) is 7.49. The average Bonchev–Trinajstić information content (AvgIpc) is 3.23. The molecule has 3 N–H and O–H groups in total. The minimum atomic E-state index is -1.22. The molecule has 142 valence electrons. The molecule has 10 heteroatoms. The van der Waals surface area contributed by atoms with Crippen molar-refractivity contribution >= 4 is 22.9 Å². The highest BCUT2D eigenvalue weighted by molar-refractivity contribution is 7.98. The van der Waals surface area contributed by atoms with Gasteiger partial charge >= 0.3 is 0 Å². The fraction of sp³-hybridized carbons (Fsp3) is 0.353. The topological polar surface area (TPSA) is 114 Å². The van der Waals surface area contributed by atoms with Crippen molar-refractivity contribution in [3.8, 4) is 0 Å². The van der Waals surface area contributed by atoms with E-state index in [1.165, 1.54) is 41.1 Å². The summed E-state index contributed by atoms with van der Waals surface area (Å²) in [4.78, 5) is 12.8. The maximum atomic E-state index is 13.0. The number of benzene rings is 1. The van der Waals surface area contributed by atoms with Gasteiger partial charge in [-0.25, -0.2) is 19.3 Å². The molecule has 1 saturated heterocycles. The SMILES string of the molecule is OCC1OC(n2cnc3c(SCc4ccc(F)cc4)ncnc32)C(O)C1O. The largest absolute Gasteiger partial charge is 0.394 e. The van der Waals surface area contributed by atoms with E-state index in [4.69, 9.17) is 4.74 Å². The zero-order valence-electron chi connectivity index (χ0n) is 14.0. The lowest BCUT2D eigenvalue weighted by Crippen LogP contribution is -2.33. The van der Waals surface area contributed by atoms with Crippen molar-refractivity contribution < 1.29 is 24.4 Å². The van der Waals surface area contributed by atoms with Gasteiger partial charge in [-0.15, -0.1) is 0 Å². The monoisotopic (exact) mass is 392 g/mol. The Kier molecular flexibility index (Phi) is 5.06. The fourth-order valence-electron chi connectivity index (χ4n) is 2.96. The van der Waals surface area contributed by atoms with Crippen LogP contribution in [0.15, 0.2) is 41.9 Å². The van der Waals surface area contributed by atoms with Gasteiger partial charge in [-0.1, -0.05) is 23.9 Å². The summed E-state index contributed by atoms with van der Waals surface area (Å²) in [6.07, 6.45) is -1.36. The number of halogens is 1. The predicted octanol–water partition coefficient (Wildman–Crippen LogP) is 0.869. The van der Waals surface area contributed by atoms with Crippen LogP contribution in [0, 0.1) is 5.82 Å². The molecule has 0 aliphatic carbocycles. The first-order chi connectivity index (χ1) is 13.1. The second-order valence-corrected chi connectivity index (χ2v) is 7.11. The summed E-state index contributed by atoms with van der Waals surface area (Å²) in [6.45, 7) is -0.408. The molecule has 4 atom stereocenters. The standard InChI is InChI=1S/C17H17FN4O4S/c18-10-3-1-9(2-4-10)6-27-16-12-15(19-7-20-16)22(8-21-12)17-14(25)13(24)11(5-23)26-17/h1-4,7-8,11,13-14,17,23-25H,5-6H2. The number of nitrogens with zero attached hydrogens (tertiary/aromatic N) is 4. The lowest BCUT2D eigenvalue weighted by molar-refractivity contribution is -0.0511. The summed E-state index contributed by atoms with van der Waals surface area (Å²) >= 11 is 1.43. The zero-order valence-corrected chi connectivity index (χ0v) is 14.8. The van der Waals surface area contributed by atoms with Gasteiger partial charge in [-0.2, -0.15) is 0 Å². The first kappa shape index (κ1) is 18.3. The maximum absolute atomic E-state index is 13.0. The van der Waals surface area contributed by atoms with Crippen LogP contribution in [0.1, 0.15) is 11.8 Å². The van der Waals surface area contributed by atoms with Gasteiger partial charge in [0.05, 0.1) is 12.9 Å². The van der Waals surface area contributed by atoms with Gasteiger partial charge in [0, 0.05) is 5.75 Å². The van der Waals surface area contributed by atoms with Gasteiger partial charge in [0.2, 0.25) is 0 Å². The molecule has 27 heavy (non-hydrogen) atoms. The number of aliphatic hydroxyl groups excluding tert-OH is 3. The predicted molar refractivity (Wildman–Crippen MR) is 94.3 cm³/mol.